The van der Waals surface area contributed by atoms with Crippen molar-refractivity contribution in [1.82, 2.24) is 15.2 Å². The number of pyridine rings is 1. The number of methoxy groups -OCH3 is 1. The first-order valence-electron chi connectivity index (χ1n) is 23.2. The molecule has 18 heteroatoms. The number of benzene rings is 1. The van der Waals surface area contributed by atoms with E-state index in [4.69, 9.17) is 28.4 Å². The van der Waals surface area contributed by atoms with Crippen molar-refractivity contribution in [2.75, 3.05) is 39.6 Å². The Balaban J connectivity index is 1.49. The molecule has 1 aromatic heterocycles. The number of nitrogens with zero attached hydrogens (tertiary/aromatic N) is 2. The lowest BCUT2D eigenvalue weighted by Gasteiger charge is -2.49. The maximum absolute atomic E-state index is 14.7. The predicted molar refractivity (Wildman–Crippen MR) is 244 cm³/mol. The number of carbonyl (C=O) groups is 3. The van der Waals surface area contributed by atoms with Gasteiger partial charge < -0.3 is 69.5 Å². The van der Waals surface area contributed by atoms with Crippen LogP contribution in [0.1, 0.15) is 88.0 Å². The molecular weight excluding hydrogens is 857 g/mol. The topological polar surface area (TPSA) is 248 Å². The summed E-state index contributed by atoms with van der Waals surface area (Å²) < 4.78 is 37.7. The van der Waals surface area contributed by atoms with Crippen LogP contribution in [-0.4, -0.2) is 172 Å². The van der Waals surface area contributed by atoms with Crippen LogP contribution in [0.4, 0.5) is 5.69 Å². The minimum absolute atomic E-state index is 0.0350. The number of hydrogen-bond acceptors (Lipinski definition) is 17. The molecule has 2 aromatic rings. The molecule has 0 radical (unpaired) electrons. The second-order valence-electron chi connectivity index (χ2n) is 19.9. The number of aliphatic hydroxyl groups is 5. The zero-order valence-corrected chi connectivity index (χ0v) is 40.7. The van der Waals surface area contributed by atoms with Crippen molar-refractivity contribution in [3.8, 4) is 0 Å². The lowest BCUT2D eigenvalue weighted by atomic mass is 9.74. The zero-order valence-electron chi connectivity index (χ0n) is 40.7. The first-order chi connectivity index (χ1) is 30.8. The van der Waals surface area contributed by atoms with Crippen molar-refractivity contribution in [2.45, 2.75) is 172 Å². The highest BCUT2D eigenvalue weighted by atomic mass is 16.7. The molecule has 7 N–H and O–H groups in total. The van der Waals surface area contributed by atoms with Crippen LogP contribution in [0.3, 0.4) is 0 Å². The molecular formula is C48H76N4O14. The Morgan fingerprint density at radius 3 is 2.29 bits per heavy atom. The molecule has 0 saturated carbocycles. The van der Waals surface area contributed by atoms with E-state index in [9.17, 15) is 39.9 Å². The van der Waals surface area contributed by atoms with E-state index in [1.54, 1.807) is 46.9 Å². The maximum Gasteiger partial charge on any atom is 0.311 e. The molecule has 3 saturated heterocycles. The lowest BCUT2D eigenvalue weighted by Crippen LogP contribution is -2.61. The summed E-state index contributed by atoms with van der Waals surface area (Å²) in [6, 6.07) is 8.83. The van der Waals surface area contributed by atoms with E-state index in [1.165, 1.54) is 27.9 Å². The van der Waals surface area contributed by atoms with Gasteiger partial charge in [0.05, 0.1) is 59.7 Å². The Bertz CT molecular complexity index is 1950. The Morgan fingerprint density at radius 1 is 0.924 bits per heavy atom. The monoisotopic (exact) mass is 933 g/mol. The highest BCUT2D eigenvalue weighted by Gasteiger charge is 2.53. The Kier molecular flexibility index (Phi) is 17.8. The van der Waals surface area contributed by atoms with Crippen LogP contribution in [0.5, 0.6) is 0 Å². The smallest absolute Gasteiger partial charge is 0.311 e. The van der Waals surface area contributed by atoms with Gasteiger partial charge in [-0.3, -0.25) is 19.4 Å². The summed E-state index contributed by atoms with van der Waals surface area (Å²) in [4.78, 5) is 48.3. The van der Waals surface area contributed by atoms with Crippen molar-refractivity contribution < 1.29 is 68.3 Å². The summed E-state index contributed by atoms with van der Waals surface area (Å²) in [5, 5.41) is 66.0. The number of esters is 1. The van der Waals surface area contributed by atoms with Crippen molar-refractivity contribution in [3.05, 3.63) is 36.5 Å². The van der Waals surface area contributed by atoms with Gasteiger partial charge in [0.2, 0.25) is 5.91 Å². The molecule has 3 aliphatic rings. The number of ether oxygens (including phenoxy) is 6. The van der Waals surface area contributed by atoms with Crippen molar-refractivity contribution in [3.63, 3.8) is 0 Å². The van der Waals surface area contributed by atoms with Gasteiger partial charge in [-0.15, -0.1) is 0 Å². The van der Waals surface area contributed by atoms with Gasteiger partial charge in [-0.25, -0.2) is 0 Å². The molecule has 66 heavy (non-hydrogen) atoms. The Morgan fingerprint density at radius 2 is 1.62 bits per heavy atom. The number of nitrogens with one attached hydrogen (secondary N) is 2. The van der Waals surface area contributed by atoms with E-state index in [0.29, 0.717) is 12.1 Å². The second kappa shape index (κ2) is 21.9. The van der Waals surface area contributed by atoms with Crippen molar-refractivity contribution in [1.29, 1.82) is 0 Å². The number of cyclic esters (lactones) is 1. The van der Waals surface area contributed by atoms with Crippen LogP contribution < -0.4 is 10.6 Å². The third-order valence-corrected chi connectivity index (χ3v) is 14.3. The molecule has 1 amide bonds. The van der Waals surface area contributed by atoms with E-state index in [1.807, 2.05) is 50.2 Å². The largest absolute Gasteiger partial charge is 0.459 e. The van der Waals surface area contributed by atoms with Crippen molar-refractivity contribution in [2.24, 2.45) is 23.7 Å². The van der Waals surface area contributed by atoms with E-state index >= 15 is 0 Å². The highest BCUT2D eigenvalue weighted by molar-refractivity contribution is 5.93. The summed E-state index contributed by atoms with van der Waals surface area (Å²) in [6.45, 7) is 14.1. The van der Waals surface area contributed by atoms with Crippen LogP contribution in [0, 0.1) is 23.7 Å². The molecule has 0 bridgehead atoms. The quantitative estimate of drug-likeness (QED) is 0.151. The summed E-state index contributed by atoms with van der Waals surface area (Å²) in [5.74, 6) is -6.03. The van der Waals surface area contributed by atoms with Gasteiger partial charge in [0.25, 0.3) is 0 Å². The summed E-state index contributed by atoms with van der Waals surface area (Å²) >= 11 is 0. The number of aliphatic hydroxyl groups excluding tert-OH is 3. The third-order valence-electron chi connectivity index (χ3n) is 14.3. The summed E-state index contributed by atoms with van der Waals surface area (Å²) in [6.07, 6.45) is -9.49. The molecule has 1 aromatic carbocycles. The lowest BCUT2D eigenvalue weighted by molar-refractivity contribution is -0.318. The van der Waals surface area contributed by atoms with Crippen LogP contribution in [0.15, 0.2) is 36.5 Å². The van der Waals surface area contributed by atoms with Crippen LogP contribution in [0.2, 0.25) is 0 Å². The molecule has 18 nitrogen and oxygen atoms in total. The van der Waals surface area contributed by atoms with Gasteiger partial charge in [0.1, 0.15) is 29.7 Å². The number of likely N-dealkylation sites (N-methyl/N-ethyl adjacent to an activating group) is 1. The minimum Gasteiger partial charge on any atom is -0.459 e. The van der Waals surface area contributed by atoms with Gasteiger partial charge in [0, 0.05) is 67.6 Å². The fourth-order valence-corrected chi connectivity index (χ4v) is 10.1. The zero-order chi connectivity index (χ0) is 49.1. The molecule has 3 fully saturated rings. The van der Waals surface area contributed by atoms with Crippen LogP contribution in [0.25, 0.3) is 10.9 Å². The second-order valence-corrected chi connectivity index (χ2v) is 19.9. The van der Waals surface area contributed by atoms with Gasteiger partial charge in [-0.05, 0) is 92.7 Å². The third kappa shape index (κ3) is 12.1. The predicted octanol–water partition coefficient (Wildman–Crippen LogP) is 2.54. The normalized spacial score (nSPS) is 41.0. The van der Waals surface area contributed by atoms with Gasteiger partial charge in [-0.1, -0.05) is 26.8 Å². The molecule has 0 aliphatic carbocycles. The van der Waals surface area contributed by atoms with Crippen LogP contribution >= 0.6 is 0 Å². The molecule has 3 aliphatic heterocycles. The van der Waals surface area contributed by atoms with E-state index in [2.05, 4.69) is 15.6 Å². The first-order valence-corrected chi connectivity index (χ1v) is 23.2. The molecule has 18 atom stereocenters. The Hall–Kier alpha value is -3.40. The first kappa shape index (κ1) is 53.6. The molecule has 0 spiro atoms. The number of rotatable bonds is 12. The van der Waals surface area contributed by atoms with Crippen LogP contribution in [-0.2, 0) is 42.8 Å². The van der Waals surface area contributed by atoms with E-state index in [0.717, 1.165) is 10.9 Å². The number of hydrogen-bond donors (Lipinski definition) is 7. The van der Waals surface area contributed by atoms with E-state index in [-0.39, 0.29) is 44.5 Å². The number of aromatic nitrogens is 1. The summed E-state index contributed by atoms with van der Waals surface area (Å²) in [7, 11) is 5.13. The molecule has 5 rings (SSSR count). The average molecular weight is 933 g/mol. The standard InChI is InChI=1S/C48H76N4O14/c1-25-22-46(7,59)43(66-45-39(55)34(52(10)11)21-26(2)62-45)28(4)40(65-37-23-47(8,61-12)42(57)30(6)63-37)29(5)44(58)64-35(48(9,60)41(56)27(3)38(25)54)18-20-50-36(53)24-51-33-17-13-16-32-31(33)15-14-19-49-32/h13-17,19,25-30,34-35,37,39-43,45,51,55-57,59-60H,18,20-24H2,1-12H3,(H,50,53)/t25-,26?,27+,28+,29-,30?,34?,35-,37?,39?,40+,41-,42?,43-,45?,46-,47?,48-/m1/s1. The molecule has 4 heterocycles. The molecule has 372 valence electrons. The van der Waals surface area contributed by atoms with Gasteiger partial charge in [-0.2, -0.15) is 0 Å². The Labute approximate surface area is 389 Å². The summed E-state index contributed by atoms with van der Waals surface area (Å²) in [5.41, 5.74) is -3.75. The SMILES string of the molecule is COC1(C)CC(O[C@H]2[C@H](C)[C@@H](OC3OC(C)CC(N(C)C)C3O)[C@](C)(O)C[C@@H](C)C(=O)[C@H](C)[C@@H](O)[C@](C)(O)[C@@H](CCNC(=O)CNc3cccc4ncccc34)OC(=O)[C@@H]2C)OC(C)C1O. The number of Topliss-reactive ketones (excluding diaryl/α,β-unsaturated/α-hetero) is 1. The average Bonchev–Trinajstić information content (AvgIpc) is 3.26. The number of ketones is 1. The number of fused-ring (bicyclic) bond motifs is 1. The minimum atomic E-state index is -2.23. The number of amides is 1. The highest BCUT2D eigenvalue weighted by Crippen LogP contribution is 2.41. The fraction of sp³-hybridized carbons (Fsp3) is 0.750. The molecule has 8 unspecified atom stereocenters. The maximum atomic E-state index is 14.7. The van der Waals surface area contributed by atoms with E-state index < -0.39 is 113 Å². The fourth-order valence-electron chi connectivity index (χ4n) is 10.1. The van der Waals surface area contributed by atoms with Gasteiger partial charge >= 0.3 is 5.97 Å². The number of anilines is 1. The number of carbonyl (C=O) groups excluding carboxylic acids is 3. The van der Waals surface area contributed by atoms with Crippen molar-refractivity contribution >= 4 is 34.3 Å². The van der Waals surface area contributed by atoms with Gasteiger partial charge in [0.15, 0.2) is 12.6 Å².